The molecule has 1 fully saturated rings. The van der Waals surface area contributed by atoms with Crippen molar-refractivity contribution in [2.75, 3.05) is 26.8 Å². The molecule has 1 aromatic carbocycles. The molecule has 1 saturated heterocycles. The molecule has 2 unspecified atom stereocenters. The minimum absolute atomic E-state index is 0.00927. The number of carbonyl (C=O) groups is 2. The van der Waals surface area contributed by atoms with Gasteiger partial charge in [-0.3, -0.25) is 4.79 Å². The van der Waals surface area contributed by atoms with Gasteiger partial charge >= 0.3 is 5.97 Å². The molecule has 6 heteroatoms. The van der Waals surface area contributed by atoms with Gasteiger partial charge in [-0.05, 0) is 38.1 Å². The van der Waals surface area contributed by atoms with E-state index in [-0.39, 0.29) is 24.7 Å². The molecule has 1 aliphatic heterocycles. The number of rotatable bonds is 4. The highest BCUT2D eigenvalue weighted by molar-refractivity contribution is 5.91. The Hall–Kier alpha value is -2.08. The summed E-state index contributed by atoms with van der Waals surface area (Å²) in [6.07, 6.45) is -0.0185. The number of hydrogen-bond donors (Lipinski definition) is 0. The lowest BCUT2D eigenvalue weighted by Crippen LogP contribution is -2.49. The minimum Gasteiger partial charge on any atom is -0.497 e. The molecule has 1 heterocycles. The maximum Gasteiger partial charge on any atom is 0.338 e. The number of benzene rings is 1. The Bertz CT molecular complexity index is 518. The van der Waals surface area contributed by atoms with Gasteiger partial charge in [0.25, 0.3) is 5.91 Å². The number of esters is 1. The van der Waals surface area contributed by atoms with Gasteiger partial charge in [0.15, 0.2) is 6.61 Å². The van der Waals surface area contributed by atoms with Crippen LogP contribution in [0.15, 0.2) is 24.3 Å². The molecule has 2 rings (SSSR count). The Morgan fingerprint density at radius 2 is 1.77 bits per heavy atom. The highest BCUT2D eigenvalue weighted by Gasteiger charge is 2.26. The van der Waals surface area contributed by atoms with Gasteiger partial charge in [-0.15, -0.1) is 0 Å². The van der Waals surface area contributed by atoms with Crippen LogP contribution in [0.25, 0.3) is 0 Å². The molecule has 0 aliphatic carbocycles. The van der Waals surface area contributed by atoms with Gasteiger partial charge in [0.1, 0.15) is 5.75 Å². The van der Waals surface area contributed by atoms with Gasteiger partial charge in [0.05, 0.1) is 24.9 Å². The van der Waals surface area contributed by atoms with Crippen LogP contribution in [0.4, 0.5) is 0 Å². The lowest BCUT2D eigenvalue weighted by molar-refractivity contribution is -0.146. The second kappa shape index (κ2) is 7.26. The zero-order valence-electron chi connectivity index (χ0n) is 13.1. The second-order valence-corrected chi connectivity index (χ2v) is 5.36. The van der Waals surface area contributed by atoms with E-state index in [1.807, 2.05) is 13.8 Å². The van der Waals surface area contributed by atoms with E-state index < -0.39 is 5.97 Å². The zero-order valence-corrected chi connectivity index (χ0v) is 13.1. The van der Waals surface area contributed by atoms with Gasteiger partial charge in [0.2, 0.25) is 0 Å². The number of nitrogens with zero attached hydrogens (tertiary/aromatic N) is 1. The number of carbonyl (C=O) groups excluding carboxylic acids is 2. The number of methoxy groups -OCH3 is 1. The molecule has 0 N–H and O–H groups in total. The van der Waals surface area contributed by atoms with Crippen LogP contribution in [0.2, 0.25) is 0 Å². The molecular formula is C16H21NO5. The highest BCUT2D eigenvalue weighted by atomic mass is 16.5. The Kier molecular flexibility index (Phi) is 5.38. The van der Waals surface area contributed by atoms with Gasteiger partial charge in [0, 0.05) is 13.1 Å². The quantitative estimate of drug-likeness (QED) is 0.789. The van der Waals surface area contributed by atoms with Crippen molar-refractivity contribution >= 4 is 11.9 Å². The van der Waals surface area contributed by atoms with Crippen LogP contribution in [0, 0.1) is 0 Å². The summed E-state index contributed by atoms with van der Waals surface area (Å²) in [6, 6.07) is 6.54. The number of amides is 1. The van der Waals surface area contributed by atoms with E-state index in [0.717, 1.165) is 0 Å². The van der Waals surface area contributed by atoms with E-state index in [1.54, 1.807) is 36.3 Å². The molecule has 1 aliphatic rings. The van der Waals surface area contributed by atoms with Gasteiger partial charge in [-0.2, -0.15) is 0 Å². The fraction of sp³-hybridized carbons (Fsp3) is 0.500. The van der Waals surface area contributed by atoms with Gasteiger partial charge < -0.3 is 19.1 Å². The van der Waals surface area contributed by atoms with Crippen LogP contribution in [0.3, 0.4) is 0 Å². The molecule has 6 nitrogen and oxygen atoms in total. The van der Waals surface area contributed by atoms with Crippen molar-refractivity contribution < 1.29 is 23.8 Å². The molecule has 22 heavy (non-hydrogen) atoms. The molecule has 2 atom stereocenters. The van der Waals surface area contributed by atoms with Crippen LogP contribution in [-0.2, 0) is 14.3 Å². The first-order chi connectivity index (χ1) is 10.5. The maximum absolute atomic E-state index is 12.1. The van der Waals surface area contributed by atoms with E-state index in [1.165, 1.54) is 0 Å². The summed E-state index contributed by atoms with van der Waals surface area (Å²) in [6.45, 7) is 4.61. The smallest absolute Gasteiger partial charge is 0.338 e. The third-order valence-electron chi connectivity index (χ3n) is 3.42. The molecule has 0 radical (unpaired) electrons. The van der Waals surface area contributed by atoms with E-state index >= 15 is 0 Å². The van der Waals surface area contributed by atoms with Crippen molar-refractivity contribution in [2.24, 2.45) is 0 Å². The summed E-state index contributed by atoms with van der Waals surface area (Å²) in [7, 11) is 1.55. The first kappa shape index (κ1) is 16.3. The lowest BCUT2D eigenvalue weighted by atomic mass is 10.2. The van der Waals surface area contributed by atoms with Crippen molar-refractivity contribution in [1.82, 2.24) is 4.90 Å². The van der Waals surface area contributed by atoms with E-state index in [4.69, 9.17) is 14.2 Å². The number of ether oxygens (including phenoxy) is 3. The maximum atomic E-state index is 12.1. The summed E-state index contributed by atoms with van der Waals surface area (Å²) in [5.74, 6) is -0.0712. The first-order valence-electron chi connectivity index (χ1n) is 7.24. The fourth-order valence-corrected chi connectivity index (χ4v) is 2.41. The second-order valence-electron chi connectivity index (χ2n) is 5.36. The molecule has 0 aromatic heterocycles. The Labute approximate surface area is 129 Å². The number of hydrogen-bond acceptors (Lipinski definition) is 5. The van der Waals surface area contributed by atoms with Crippen molar-refractivity contribution in [3.05, 3.63) is 29.8 Å². The molecule has 1 amide bonds. The summed E-state index contributed by atoms with van der Waals surface area (Å²) in [5, 5.41) is 0. The Morgan fingerprint density at radius 3 is 2.32 bits per heavy atom. The van der Waals surface area contributed by atoms with Crippen LogP contribution in [0.1, 0.15) is 24.2 Å². The summed E-state index contributed by atoms with van der Waals surface area (Å²) >= 11 is 0. The van der Waals surface area contributed by atoms with Gasteiger partial charge in [-0.25, -0.2) is 4.79 Å². The van der Waals surface area contributed by atoms with Crippen molar-refractivity contribution in [1.29, 1.82) is 0 Å². The Morgan fingerprint density at radius 1 is 1.18 bits per heavy atom. The van der Waals surface area contributed by atoms with E-state index in [2.05, 4.69) is 0 Å². The minimum atomic E-state index is -0.523. The zero-order chi connectivity index (χ0) is 16.1. The van der Waals surface area contributed by atoms with Gasteiger partial charge in [-0.1, -0.05) is 0 Å². The SMILES string of the molecule is COc1ccc(C(=O)OCC(=O)N2CC(C)OC(C)C2)cc1. The molecule has 1 aromatic rings. The molecule has 0 spiro atoms. The van der Waals surface area contributed by atoms with Crippen LogP contribution >= 0.6 is 0 Å². The standard InChI is InChI=1S/C16H21NO5/c1-11-8-17(9-12(2)22-11)15(18)10-21-16(19)13-4-6-14(20-3)7-5-13/h4-7,11-12H,8-10H2,1-3H3. The largest absolute Gasteiger partial charge is 0.497 e. The summed E-state index contributed by atoms with van der Waals surface area (Å²) in [4.78, 5) is 25.7. The van der Waals surface area contributed by atoms with Crippen LogP contribution in [-0.4, -0.2) is 55.8 Å². The average molecular weight is 307 g/mol. The summed E-state index contributed by atoms with van der Waals surface area (Å²) in [5.41, 5.74) is 0.386. The third-order valence-corrected chi connectivity index (χ3v) is 3.42. The van der Waals surface area contributed by atoms with Crippen LogP contribution < -0.4 is 4.74 Å². The Balaban J connectivity index is 1.85. The number of morpholine rings is 1. The van der Waals surface area contributed by atoms with Crippen molar-refractivity contribution in [3.63, 3.8) is 0 Å². The van der Waals surface area contributed by atoms with E-state index in [9.17, 15) is 9.59 Å². The molecule has 0 saturated carbocycles. The third kappa shape index (κ3) is 4.21. The average Bonchev–Trinajstić information content (AvgIpc) is 2.51. The predicted octanol–water partition coefficient (Wildman–Crippen LogP) is 1.49. The normalized spacial score (nSPS) is 21.3. The highest BCUT2D eigenvalue weighted by Crippen LogP contribution is 2.13. The predicted molar refractivity (Wildman–Crippen MR) is 79.9 cm³/mol. The molecule has 120 valence electrons. The van der Waals surface area contributed by atoms with Crippen LogP contribution in [0.5, 0.6) is 5.75 Å². The fourth-order valence-electron chi connectivity index (χ4n) is 2.41. The lowest BCUT2D eigenvalue weighted by Gasteiger charge is -2.35. The van der Waals surface area contributed by atoms with E-state index in [0.29, 0.717) is 24.4 Å². The first-order valence-corrected chi connectivity index (χ1v) is 7.24. The van der Waals surface area contributed by atoms with Crippen molar-refractivity contribution in [3.8, 4) is 5.75 Å². The topological polar surface area (TPSA) is 65.1 Å². The summed E-state index contributed by atoms with van der Waals surface area (Å²) < 4.78 is 15.7. The molecule has 0 bridgehead atoms. The van der Waals surface area contributed by atoms with Crippen molar-refractivity contribution in [2.45, 2.75) is 26.1 Å². The monoisotopic (exact) mass is 307 g/mol. The molecular weight excluding hydrogens is 286 g/mol.